The summed E-state index contributed by atoms with van der Waals surface area (Å²) in [5, 5.41) is 6.72. The second-order valence-electron chi connectivity index (χ2n) is 3.86. The van der Waals surface area contributed by atoms with Gasteiger partial charge in [0.05, 0.1) is 39.2 Å². The smallest absolute Gasteiger partial charge is 0.0864 e. The van der Waals surface area contributed by atoms with Crippen LogP contribution < -0.4 is 0 Å². The summed E-state index contributed by atoms with van der Waals surface area (Å²) in [4.78, 5) is 3.96. The molecule has 1 saturated heterocycles. The van der Waals surface area contributed by atoms with E-state index in [-0.39, 0.29) is 0 Å². The molecule has 0 atom stereocenters. The van der Waals surface area contributed by atoms with Crippen LogP contribution in [0.3, 0.4) is 0 Å². The summed E-state index contributed by atoms with van der Waals surface area (Å²) < 4.78 is 1.10. The van der Waals surface area contributed by atoms with E-state index in [1.54, 1.807) is 0 Å². The van der Waals surface area contributed by atoms with Crippen LogP contribution in [0.1, 0.15) is 12.8 Å². The Morgan fingerprint density at radius 3 is 2.36 bits per heavy atom. The summed E-state index contributed by atoms with van der Waals surface area (Å²) in [5.41, 5.74) is 0. The van der Waals surface area contributed by atoms with Gasteiger partial charge in [-0.2, -0.15) is 0 Å². The van der Waals surface area contributed by atoms with E-state index in [1.165, 1.54) is 13.1 Å². The molecule has 0 aliphatic carbocycles. The Labute approximate surface area is 67.8 Å². The Morgan fingerprint density at radius 1 is 1.36 bits per heavy atom. The number of piperidine rings is 1. The lowest BCUT2D eigenvalue weighted by Gasteiger charge is -2.35. The maximum absolute atomic E-state index is 6.72. The molecule has 1 N–H and O–H groups in total. The number of likely N-dealkylation sites (tertiary alicyclic amines) is 1. The first-order chi connectivity index (χ1) is 5.14. The summed E-state index contributed by atoms with van der Waals surface area (Å²) in [6.45, 7) is 2.35. The average Bonchev–Trinajstić information content (AvgIpc) is 1.94. The minimum atomic E-state index is 0.374. The molecule has 1 fully saturated rings. The van der Waals surface area contributed by atoms with Crippen LogP contribution in [0.25, 0.3) is 0 Å². The number of hydrogen-bond acceptors (Lipinski definition) is 2. The van der Waals surface area contributed by atoms with E-state index in [1.807, 2.05) is 0 Å². The summed E-state index contributed by atoms with van der Waals surface area (Å²) in [6, 6.07) is 2.51. The third kappa shape index (κ3) is 2.45. The third-order valence-corrected chi connectivity index (χ3v) is 2.38. The molecule has 1 rings (SSSR count). The van der Waals surface area contributed by atoms with Gasteiger partial charge in [-0.25, -0.2) is 10.4 Å². The lowest BCUT2D eigenvalue weighted by Crippen LogP contribution is -2.47. The van der Waals surface area contributed by atoms with Crippen LogP contribution >= 0.6 is 0 Å². The second-order valence-corrected chi connectivity index (χ2v) is 3.86. The van der Waals surface area contributed by atoms with Crippen molar-refractivity contribution in [3.8, 4) is 0 Å². The van der Waals surface area contributed by atoms with Gasteiger partial charge in [0.15, 0.2) is 0 Å². The van der Waals surface area contributed by atoms with Crippen LogP contribution in [0.5, 0.6) is 0 Å². The summed E-state index contributed by atoms with van der Waals surface area (Å²) in [5.74, 6) is 0. The average molecular weight is 154 g/mol. The van der Waals surface area contributed by atoms with Gasteiger partial charge in [-0.05, 0) is 0 Å². The van der Waals surface area contributed by atoms with Crippen molar-refractivity contribution in [1.82, 2.24) is 0 Å². The molecular formula is C8H16N3+. The van der Waals surface area contributed by atoms with Crippen molar-refractivity contribution in [2.75, 3.05) is 27.2 Å². The minimum absolute atomic E-state index is 0.374. The molecule has 1 heterocycles. The maximum Gasteiger partial charge on any atom is 0.0864 e. The van der Waals surface area contributed by atoms with Crippen LogP contribution in [0.15, 0.2) is 4.99 Å². The SMILES string of the molecule is C[N+]1(C)CCC(N=C=N)CC1. The first-order valence-electron chi connectivity index (χ1n) is 4.08. The zero-order chi connectivity index (χ0) is 8.32. The first-order valence-corrected chi connectivity index (χ1v) is 4.08. The van der Waals surface area contributed by atoms with Crippen molar-refractivity contribution < 1.29 is 4.48 Å². The number of nitrogens with one attached hydrogen (secondary N) is 1. The van der Waals surface area contributed by atoms with Gasteiger partial charge in [0, 0.05) is 12.8 Å². The first kappa shape index (κ1) is 8.44. The number of rotatable bonds is 1. The van der Waals surface area contributed by atoms with Crippen molar-refractivity contribution in [2.45, 2.75) is 18.9 Å². The Balaban J connectivity index is 2.42. The number of hydrogen-bond donors (Lipinski definition) is 1. The molecule has 0 aromatic carbocycles. The Morgan fingerprint density at radius 2 is 1.91 bits per heavy atom. The Bertz CT molecular complexity index is 170. The molecule has 0 aromatic heterocycles. The zero-order valence-corrected chi connectivity index (χ0v) is 7.30. The van der Waals surface area contributed by atoms with Crippen LogP contribution in [-0.2, 0) is 0 Å². The van der Waals surface area contributed by atoms with Gasteiger partial charge in [-0.3, -0.25) is 0 Å². The van der Waals surface area contributed by atoms with E-state index < -0.39 is 0 Å². The highest BCUT2D eigenvalue weighted by Gasteiger charge is 2.25. The maximum atomic E-state index is 6.72. The molecule has 3 heteroatoms. The van der Waals surface area contributed by atoms with Gasteiger partial charge in [-0.15, -0.1) is 0 Å². The highest BCUT2D eigenvalue weighted by molar-refractivity contribution is 5.36. The summed E-state index contributed by atoms with van der Waals surface area (Å²) in [7, 11) is 4.48. The fourth-order valence-corrected chi connectivity index (χ4v) is 1.47. The summed E-state index contributed by atoms with van der Waals surface area (Å²) in [6.07, 6.45) is 2.22. The van der Waals surface area contributed by atoms with E-state index in [4.69, 9.17) is 5.41 Å². The molecule has 0 unspecified atom stereocenters. The molecule has 1 aliphatic rings. The molecule has 3 nitrogen and oxygen atoms in total. The molecule has 0 aromatic rings. The van der Waals surface area contributed by atoms with E-state index in [9.17, 15) is 0 Å². The van der Waals surface area contributed by atoms with Gasteiger partial charge in [0.1, 0.15) is 0 Å². The molecule has 0 saturated carbocycles. The highest BCUT2D eigenvalue weighted by Crippen LogP contribution is 2.16. The predicted molar refractivity (Wildman–Crippen MR) is 45.0 cm³/mol. The molecule has 0 bridgehead atoms. The molecule has 62 valence electrons. The lowest BCUT2D eigenvalue weighted by atomic mass is 10.0. The largest absolute Gasteiger partial charge is 0.328 e. The fourth-order valence-electron chi connectivity index (χ4n) is 1.47. The topological polar surface area (TPSA) is 36.2 Å². The normalized spacial score (nSPS) is 24.2. The number of aliphatic imine (C=N–C) groups is 1. The quantitative estimate of drug-likeness (QED) is 0.432. The molecule has 11 heavy (non-hydrogen) atoms. The van der Waals surface area contributed by atoms with Crippen molar-refractivity contribution in [3.63, 3.8) is 0 Å². The molecule has 0 spiro atoms. The van der Waals surface area contributed by atoms with Crippen molar-refractivity contribution in [3.05, 3.63) is 0 Å². The Kier molecular flexibility index (Phi) is 2.42. The van der Waals surface area contributed by atoms with Crippen molar-refractivity contribution in [1.29, 1.82) is 5.41 Å². The highest BCUT2D eigenvalue weighted by atomic mass is 15.3. The Hall–Kier alpha value is -0.660. The van der Waals surface area contributed by atoms with E-state index in [0.717, 1.165) is 17.3 Å². The molecular weight excluding hydrogens is 138 g/mol. The third-order valence-electron chi connectivity index (χ3n) is 2.38. The van der Waals surface area contributed by atoms with Gasteiger partial charge >= 0.3 is 0 Å². The van der Waals surface area contributed by atoms with Crippen molar-refractivity contribution >= 4 is 6.01 Å². The molecule has 0 radical (unpaired) electrons. The van der Waals surface area contributed by atoms with E-state index in [0.29, 0.717) is 6.04 Å². The van der Waals surface area contributed by atoms with Gasteiger partial charge in [-0.1, -0.05) is 0 Å². The number of quaternary nitrogens is 1. The van der Waals surface area contributed by atoms with Crippen LogP contribution in [0, 0.1) is 5.41 Å². The van der Waals surface area contributed by atoms with Gasteiger partial charge in [0.25, 0.3) is 0 Å². The lowest BCUT2D eigenvalue weighted by molar-refractivity contribution is -0.895. The van der Waals surface area contributed by atoms with E-state index in [2.05, 4.69) is 25.1 Å². The zero-order valence-electron chi connectivity index (χ0n) is 7.30. The van der Waals surface area contributed by atoms with Crippen LogP contribution in [0.2, 0.25) is 0 Å². The molecule has 1 aliphatic heterocycles. The molecule has 0 amide bonds. The van der Waals surface area contributed by atoms with Crippen LogP contribution in [-0.4, -0.2) is 43.7 Å². The standard InChI is InChI=1S/C8H16N3/c1-11(2)5-3-8(4-6-11)10-7-9/h8-9H,3-6H2,1-2H3/q+1. The van der Waals surface area contributed by atoms with Crippen molar-refractivity contribution in [2.24, 2.45) is 4.99 Å². The van der Waals surface area contributed by atoms with Gasteiger partial charge in [0.2, 0.25) is 0 Å². The number of nitrogens with zero attached hydrogens (tertiary/aromatic N) is 2. The minimum Gasteiger partial charge on any atom is -0.328 e. The van der Waals surface area contributed by atoms with E-state index >= 15 is 0 Å². The second kappa shape index (κ2) is 3.16. The monoisotopic (exact) mass is 154 g/mol. The fraction of sp³-hybridized carbons (Fsp3) is 0.875. The van der Waals surface area contributed by atoms with Crippen LogP contribution in [0.4, 0.5) is 0 Å². The van der Waals surface area contributed by atoms with Gasteiger partial charge < -0.3 is 4.48 Å². The predicted octanol–water partition coefficient (Wildman–Crippen LogP) is 0.978. The summed E-state index contributed by atoms with van der Waals surface area (Å²) >= 11 is 0.